The minimum atomic E-state index is -1.31. The molecule has 0 aliphatic carbocycles. The van der Waals surface area contributed by atoms with E-state index in [4.69, 9.17) is 14.2 Å². The Morgan fingerprint density at radius 1 is 0.935 bits per heavy atom. The number of carbonyl (C=O) groups is 3. The summed E-state index contributed by atoms with van der Waals surface area (Å²) < 4.78 is 15.1. The minimum absolute atomic E-state index is 0.00499. The zero-order valence-corrected chi connectivity index (χ0v) is 17.4. The summed E-state index contributed by atoms with van der Waals surface area (Å²) in [5.74, 6) is -0.890. The number of methoxy groups -OCH3 is 2. The number of carbonyl (C=O) groups excluding carboxylic acids is 3. The van der Waals surface area contributed by atoms with Crippen LogP contribution in [0.2, 0.25) is 0 Å². The molecule has 0 saturated heterocycles. The normalized spacial score (nSPS) is 12.2. The SMILES string of the molecule is COC(=O)[C@H](Cc1ccccc1OC)NC(=O)[C@H](CO)NC(=O)OCc1ccccc1. The predicted molar refractivity (Wildman–Crippen MR) is 111 cm³/mol. The van der Waals surface area contributed by atoms with E-state index in [1.165, 1.54) is 14.2 Å². The standard InChI is InChI=1S/C22H26N2O7/c1-29-19-11-7-6-10-16(19)12-17(21(27)30-2)23-20(26)18(13-25)24-22(28)31-14-15-8-4-3-5-9-15/h3-11,17-18,25H,12-14H2,1-2H3,(H,23,26)(H,24,28)/t17-,18-/m0/s1. The molecule has 0 aliphatic heterocycles. The van der Waals surface area contributed by atoms with Gasteiger partial charge in [-0.15, -0.1) is 0 Å². The fraction of sp³-hybridized carbons (Fsp3) is 0.318. The van der Waals surface area contributed by atoms with Crippen molar-refractivity contribution in [3.63, 3.8) is 0 Å². The topological polar surface area (TPSA) is 123 Å². The number of esters is 1. The Morgan fingerprint density at radius 2 is 1.61 bits per heavy atom. The van der Waals surface area contributed by atoms with Gasteiger partial charge < -0.3 is 30.0 Å². The molecule has 31 heavy (non-hydrogen) atoms. The first-order valence-corrected chi connectivity index (χ1v) is 9.56. The molecule has 2 amide bonds. The van der Waals surface area contributed by atoms with Crippen LogP contribution in [0.25, 0.3) is 0 Å². The Hall–Kier alpha value is -3.59. The molecule has 0 spiro atoms. The van der Waals surface area contributed by atoms with Gasteiger partial charge in [-0.25, -0.2) is 9.59 Å². The molecule has 9 heteroatoms. The molecule has 0 bridgehead atoms. The van der Waals surface area contributed by atoms with Crippen LogP contribution in [0.1, 0.15) is 11.1 Å². The van der Waals surface area contributed by atoms with Crippen molar-refractivity contribution in [3.8, 4) is 5.75 Å². The highest BCUT2D eigenvalue weighted by atomic mass is 16.5. The molecule has 9 nitrogen and oxygen atoms in total. The maximum absolute atomic E-state index is 12.6. The molecule has 0 fully saturated rings. The van der Waals surface area contributed by atoms with Crippen LogP contribution in [0.5, 0.6) is 5.75 Å². The monoisotopic (exact) mass is 430 g/mol. The quantitative estimate of drug-likeness (QED) is 0.484. The van der Waals surface area contributed by atoms with Gasteiger partial charge in [0.2, 0.25) is 5.91 Å². The van der Waals surface area contributed by atoms with E-state index in [1.54, 1.807) is 48.5 Å². The maximum atomic E-state index is 12.6. The molecule has 0 radical (unpaired) electrons. The number of hydrogen-bond donors (Lipinski definition) is 3. The van der Waals surface area contributed by atoms with Gasteiger partial charge in [0.15, 0.2) is 0 Å². The number of benzene rings is 2. The van der Waals surface area contributed by atoms with Gasteiger partial charge in [0.1, 0.15) is 24.4 Å². The van der Waals surface area contributed by atoms with E-state index in [9.17, 15) is 19.5 Å². The second kappa shape index (κ2) is 12.2. The summed E-state index contributed by atoms with van der Waals surface area (Å²) in [5, 5.41) is 14.3. The van der Waals surface area contributed by atoms with Crippen LogP contribution in [-0.2, 0) is 32.1 Å². The second-order valence-electron chi connectivity index (χ2n) is 6.54. The minimum Gasteiger partial charge on any atom is -0.496 e. The van der Waals surface area contributed by atoms with E-state index in [2.05, 4.69) is 10.6 Å². The van der Waals surface area contributed by atoms with Crippen molar-refractivity contribution in [2.75, 3.05) is 20.8 Å². The molecule has 0 unspecified atom stereocenters. The molecule has 2 atom stereocenters. The van der Waals surface area contributed by atoms with E-state index in [-0.39, 0.29) is 13.0 Å². The summed E-state index contributed by atoms with van der Waals surface area (Å²) in [6.45, 7) is -0.681. The molecule has 2 aromatic carbocycles. The fourth-order valence-corrected chi connectivity index (χ4v) is 2.80. The largest absolute Gasteiger partial charge is 0.496 e. The zero-order valence-electron chi connectivity index (χ0n) is 17.4. The van der Waals surface area contributed by atoms with Crippen LogP contribution in [0.15, 0.2) is 54.6 Å². The van der Waals surface area contributed by atoms with Crippen LogP contribution in [0.4, 0.5) is 4.79 Å². The number of alkyl carbamates (subject to hydrolysis) is 1. The summed E-state index contributed by atoms with van der Waals surface area (Å²) in [6, 6.07) is 13.7. The van der Waals surface area contributed by atoms with E-state index >= 15 is 0 Å². The van der Waals surface area contributed by atoms with E-state index < -0.39 is 36.7 Å². The first kappa shape index (κ1) is 23.7. The van der Waals surface area contributed by atoms with Crippen molar-refractivity contribution in [1.82, 2.24) is 10.6 Å². The fourth-order valence-electron chi connectivity index (χ4n) is 2.80. The molecule has 3 N–H and O–H groups in total. The van der Waals surface area contributed by atoms with Crippen LogP contribution in [0, 0.1) is 0 Å². The van der Waals surface area contributed by atoms with Crippen molar-refractivity contribution in [2.24, 2.45) is 0 Å². The van der Waals surface area contributed by atoms with E-state index in [0.717, 1.165) is 5.56 Å². The van der Waals surface area contributed by atoms with Gasteiger partial charge in [0.25, 0.3) is 0 Å². The summed E-state index contributed by atoms with van der Waals surface area (Å²) in [6.07, 6.45) is -0.781. The predicted octanol–water partition coefficient (Wildman–Crippen LogP) is 1.18. The Balaban J connectivity index is 1.99. The Morgan fingerprint density at radius 3 is 2.26 bits per heavy atom. The Labute approximate surface area is 180 Å². The third-order valence-corrected chi connectivity index (χ3v) is 4.42. The van der Waals surface area contributed by atoms with E-state index in [1.807, 2.05) is 6.07 Å². The third kappa shape index (κ3) is 7.31. The van der Waals surface area contributed by atoms with Crippen molar-refractivity contribution < 1.29 is 33.7 Å². The Kier molecular flexibility index (Phi) is 9.31. The number of ether oxygens (including phenoxy) is 3. The number of nitrogens with one attached hydrogen (secondary N) is 2. The third-order valence-electron chi connectivity index (χ3n) is 4.42. The number of aliphatic hydroxyl groups excluding tert-OH is 1. The highest BCUT2D eigenvalue weighted by molar-refractivity contribution is 5.89. The first-order chi connectivity index (χ1) is 15.0. The van der Waals surface area contributed by atoms with Gasteiger partial charge in [0, 0.05) is 6.42 Å². The van der Waals surface area contributed by atoms with E-state index in [0.29, 0.717) is 11.3 Å². The lowest BCUT2D eigenvalue weighted by Gasteiger charge is -2.21. The molecule has 0 aromatic heterocycles. The zero-order chi connectivity index (χ0) is 22.6. The van der Waals surface area contributed by atoms with Gasteiger partial charge in [-0.1, -0.05) is 48.5 Å². The van der Waals surface area contributed by atoms with Gasteiger partial charge >= 0.3 is 12.1 Å². The molecule has 2 aromatic rings. The van der Waals surface area contributed by atoms with Crippen LogP contribution >= 0.6 is 0 Å². The van der Waals surface area contributed by atoms with Gasteiger partial charge in [-0.2, -0.15) is 0 Å². The van der Waals surface area contributed by atoms with Crippen molar-refractivity contribution >= 4 is 18.0 Å². The molecule has 0 heterocycles. The highest BCUT2D eigenvalue weighted by Gasteiger charge is 2.28. The van der Waals surface area contributed by atoms with Crippen LogP contribution in [0.3, 0.4) is 0 Å². The first-order valence-electron chi connectivity index (χ1n) is 9.56. The Bertz CT molecular complexity index is 873. The van der Waals surface area contributed by atoms with Gasteiger partial charge in [-0.3, -0.25) is 4.79 Å². The average Bonchev–Trinajstić information content (AvgIpc) is 2.81. The molecular weight excluding hydrogens is 404 g/mol. The summed E-state index contributed by atoms with van der Waals surface area (Å²) >= 11 is 0. The lowest BCUT2D eigenvalue weighted by Crippen LogP contribution is -2.54. The van der Waals surface area contributed by atoms with Crippen molar-refractivity contribution in [3.05, 3.63) is 65.7 Å². The number of amides is 2. The van der Waals surface area contributed by atoms with Crippen molar-refractivity contribution in [1.29, 1.82) is 0 Å². The highest BCUT2D eigenvalue weighted by Crippen LogP contribution is 2.19. The smallest absolute Gasteiger partial charge is 0.408 e. The van der Waals surface area contributed by atoms with Crippen LogP contribution in [-0.4, -0.2) is 56.0 Å². The molecule has 0 aliphatic rings. The molecule has 166 valence electrons. The number of hydrogen-bond acceptors (Lipinski definition) is 7. The lowest BCUT2D eigenvalue weighted by atomic mass is 10.0. The maximum Gasteiger partial charge on any atom is 0.408 e. The van der Waals surface area contributed by atoms with Crippen molar-refractivity contribution in [2.45, 2.75) is 25.1 Å². The second-order valence-corrected chi connectivity index (χ2v) is 6.54. The molecular formula is C22H26N2O7. The van der Waals surface area contributed by atoms with Gasteiger partial charge in [0.05, 0.1) is 20.8 Å². The molecule has 2 rings (SSSR count). The molecule has 0 saturated carbocycles. The lowest BCUT2D eigenvalue weighted by molar-refractivity contribution is -0.145. The van der Waals surface area contributed by atoms with Gasteiger partial charge in [-0.05, 0) is 17.2 Å². The summed E-state index contributed by atoms with van der Waals surface area (Å²) in [5.41, 5.74) is 1.45. The van der Waals surface area contributed by atoms with Crippen LogP contribution < -0.4 is 15.4 Å². The number of aliphatic hydroxyl groups is 1. The summed E-state index contributed by atoms with van der Waals surface area (Å²) in [7, 11) is 2.70. The summed E-state index contributed by atoms with van der Waals surface area (Å²) in [4.78, 5) is 36.8. The number of rotatable bonds is 10. The average molecular weight is 430 g/mol. The number of para-hydroxylation sites is 1.